The number of carbonyl (C=O) groups is 1. The molecule has 184 valence electrons. The molecule has 0 radical (unpaired) electrons. The summed E-state index contributed by atoms with van der Waals surface area (Å²) >= 11 is 0. The van der Waals surface area contributed by atoms with Crippen LogP contribution in [-0.2, 0) is 20.1 Å². The molecule has 2 aromatic rings. The summed E-state index contributed by atoms with van der Waals surface area (Å²) in [6.45, 7) is 16.1. The zero-order valence-electron chi connectivity index (χ0n) is 22.1. The first-order chi connectivity index (χ1) is 16.0. The molecular formula is C30H43NO2Si. The summed E-state index contributed by atoms with van der Waals surface area (Å²) in [5.41, 5.74) is 3.48. The minimum absolute atomic E-state index is 0.0236. The lowest BCUT2D eigenvalue weighted by molar-refractivity contribution is -0.143. The van der Waals surface area contributed by atoms with E-state index in [1.54, 1.807) is 0 Å². The number of hydrogen-bond donors (Lipinski definition) is 0. The molecule has 1 saturated carbocycles. The average Bonchev–Trinajstić information content (AvgIpc) is 2.78. The first-order valence-electron chi connectivity index (χ1n) is 13.1. The SMILES string of the molecule is Cc1ccc(C2(C(=O)N3CCC(CO[Si](C)(C)C(C)(C)C)(c4ccccc4)CC3)CCC2)cc1. The van der Waals surface area contributed by atoms with Crippen LogP contribution in [0.5, 0.6) is 0 Å². The lowest BCUT2D eigenvalue weighted by Gasteiger charge is -2.49. The highest BCUT2D eigenvalue weighted by Gasteiger charge is 2.50. The summed E-state index contributed by atoms with van der Waals surface area (Å²) in [7, 11) is -1.86. The Morgan fingerprint density at radius 1 is 0.912 bits per heavy atom. The molecule has 2 aliphatic rings. The van der Waals surface area contributed by atoms with E-state index in [1.807, 2.05) is 0 Å². The number of likely N-dealkylation sites (tertiary alicyclic amines) is 1. The van der Waals surface area contributed by atoms with Crippen molar-refractivity contribution in [3.05, 3.63) is 71.3 Å². The van der Waals surface area contributed by atoms with Crippen LogP contribution in [0.15, 0.2) is 54.6 Å². The van der Waals surface area contributed by atoms with Crippen molar-refractivity contribution < 1.29 is 9.22 Å². The van der Waals surface area contributed by atoms with Gasteiger partial charge in [0.25, 0.3) is 0 Å². The average molecular weight is 478 g/mol. The van der Waals surface area contributed by atoms with Gasteiger partial charge in [0.05, 0.1) is 5.41 Å². The maximum atomic E-state index is 13.9. The van der Waals surface area contributed by atoms with E-state index < -0.39 is 8.32 Å². The van der Waals surface area contributed by atoms with E-state index >= 15 is 0 Å². The van der Waals surface area contributed by atoms with Crippen LogP contribution in [-0.4, -0.2) is 38.8 Å². The molecule has 4 rings (SSSR count). The molecule has 2 fully saturated rings. The van der Waals surface area contributed by atoms with E-state index in [1.165, 1.54) is 16.7 Å². The highest BCUT2D eigenvalue weighted by Crippen LogP contribution is 2.47. The molecule has 1 heterocycles. The minimum Gasteiger partial charge on any atom is -0.416 e. The number of aryl methyl sites for hydroxylation is 1. The van der Waals surface area contributed by atoms with Gasteiger partial charge in [-0.15, -0.1) is 0 Å². The second-order valence-corrected chi connectivity index (χ2v) is 17.1. The Kier molecular flexibility index (Phi) is 6.87. The van der Waals surface area contributed by atoms with Gasteiger partial charge in [0.1, 0.15) is 0 Å². The van der Waals surface area contributed by atoms with Crippen LogP contribution < -0.4 is 0 Å². The Hall–Kier alpha value is -1.91. The van der Waals surface area contributed by atoms with Gasteiger partial charge in [-0.25, -0.2) is 0 Å². The Morgan fingerprint density at radius 3 is 2.00 bits per heavy atom. The largest absolute Gasteiger partial charge is 0.416 e. The Bertz CT molecular complexity index is 979. The van der Waals surface area contributed by atoms with Gasteiger partial charge < -0.3 is 9.33 Å². The summed E-state index contributed by atoms with van der Waals surface area (Å²) in [5, 5.41) is 0.187. The molecule has 3 nitrogen and oxygen atoms in total. The molecular weight excluding hydrogens is 434 g/mol. The maximum Gasteiger partial charge on any atom is 0.233 e. The van der Waals surface area contributed by atoms with E-state index in [0.717, 1.165) is 51.8 Å². The lowest BCUT2D eigenvalue weighted by atomic mass is 9.63. The molecule has 0 spiro atoms. The second kappa shape index (κ2) is 9.27. The normalized spacial score (nSPS) is 20.0. The van der Waals surface area contributed by atoms with Crippen LogP contribution in [0.1, 0.15) is 69.6 Å². The van der Waals surface area contributed by atoms with Crippen molar-refractivity contribution in [2.24, 2.45) is 0 Å². The molecule has 0 unspecified atom stereocenters. The zero-order chi connectivity index (χ0) is 24.6. The summed E-state index contributed by atoms with van der Waals surface area (Å²) < 4.78 is 6.80. The molecule has 1 amide bonds. The highest BCUT2D eigenvalue weighted by atomic mass is 28.4. The van der Waals surface area contributed by atoms with Gasteiger partial charge in [-0.1, -0.05) is 87.4 Å². The van der Waals surface area contributed by atoms with Gasteiger partial charge in [-0.05, 0) is 61.9 Å². The number of carbonyl (C=O) groups excluding carboxylic acids is 1. The fourth-order valence-electron chi connectivity index (χ4n) is 5.31. The number of amides is 1. The second-order valence-electron chi connectivity index (χ2n) is 12.3. The number of piperidine rings is 1. The highest BCUT2D eigenvalue weighted by molar-refractivity contribution is 6.74. The third-order valence-electron chi connectivity index (χ3n) is 9.13. The third kappa shape index (κ3) is 4.64. The Morgan fingerprint density at radius 2 is 1.50 bits per heavy atom. The maximum absolute atomic E-state index is 13.9. The van der Waals surface area contributed by atoms with Crippen molar-refractivity contribution in [1.82, 2.24) is 4.90 Å². The van der Waals surface area contributed by atoms with Crippen LogP contribution >= 0.6 is 0 Å². The van der Waals surface area contributed by atoms with Gasteiger partial charge in [-0.3, -0.25) is 4.79 Å². The topological polar surface area (TPSA) is 29.5 Å². The predicted octanol–water partition coefficient (Wildman–Crippen LogP) is 7.00. The van der Waals surface area contributed by atoms with Gasteiger partial charge >= 0.3 is 0 Å². The molecule has 0 N–H and O–H groups in total. The lowest BCUT2D eigenvalue weighted by Crippen LogP contribution is -2.56. The van der Waals surface area contributed by atoms with Crippen LogP contribution in [0.3, 0.4) is 0 Å². The van der Waals surface area contributed by atoms with Gasteiger partial charge in [0, 0.05) is 25.1 Å². The molecule has 2 aromatic carbocycles. The summed E-state index contributed by atoms with van der Waals surface area (Å²) in [6, 6.07) is 19.5. The van der Waals surface area contributed by atoms with E-state index in [0.29, 0.717) is 5.91 Å². The summed E-state index contributed by atoms with van der Waals surface area (Å²) in [4.78, 5) is 16.0. The van der Waals surface area contributed by atoms with E-state index in [-0.39, 0.29) is 15.9 Å². The smallest absolute Gasteiger partial charge is 0.233 e. The fourth-order valence-corrected chi connectivity index (χ4v) is 6.38. The molecule has 1 saturated heterocycles. The molecule has 1 aliphatic carbocycles. The Balaban J connectivity index is 1.53. The molecule has 0 atom stereocenters. The van der Waals surface area contributed by atoms with Crippen molar-refractivity contribution in [3.63, 3.8) is 0 Å². The molecule has 1 aliphatic heterocycles. The molecule has 4 heteroatoms. The first kappa shape index (κ1) is 25.2. The minimum atomic E-state index is -1.86. The number of nitrogens with zero attached hydrogens (tertiary/aromatic N) is 1. The fraction of sp³-hybridized carbons (Fsp3) is 0.567. The van der Waals surface area contributed by atoms with Crippen LogP contribution in [0, 0.1) is 6.92 Å². The van der Waals surface area contributed by atoms with E-state index in [9.17, 15) is 4.79 Å². The van der Waals surface area contributed by atoms with Gasteiger partial charge in [0.2, 0.25) is 5.91 Å². The summed E-state index contributed by atoms with van der Waals surface area (Å²) in [5.74, 6) is 0.342. The van der Waals surface area contributed by atoms with Crippen molar-refractivity contribution in [3.8, 4) is 0 Å². The monoisotopic (exact) mass is 477 g/mol. The predicted molar refractivity (Wildman–Crippen MR) is 144 cm³/mol. The molecule has 34 heavy (non-hydrogen) atoms. The first-order valence-corrected chi connectivity index (χ1v) is 16.0. The van der Waals surface area contributed by atoms with Crippen molar-refractivity contribution in [2.75, 3.05) is 19.7 Å². The van der Waals surface area contributed by atoms with Crippen molar-refractivity contribution in [1.29, 1.82) is 0 Å². The summed E-state index contributed by atoms with van der Waals surface area (Å²) in [6.07, 6.45) is 5.01. The van der Waals surface area contributed by atoms with Crippen LogP contribution in [0.4, 0.5) is 0 Å². The third-order valence-corrected chi connectivity index (χ3v) is 13.6. The standard InChI is InChI=1S/C30H43NO2Si/c1-24-13-15-26(16-14-24)30(17-10-18-30)27(32)31-21-19-29(20-22-31,25-11-8-7-9-12-25)23-33-34(5,6)28(2,3)4/h7-9,11-16H,10,17-23H2,1-6H3. The van der Waals surface area contributed by atoms with Crippen LogP contribution in [0.2, 0.25) is 18.1 Å². The quantitative estimate of drug-likeness (QED) is 0.419. The van der Waals surface area contributed by atoms with E-state index in [2.05, 4.69) is 100 Å². The number of rotatable bonds is 6. The van der Waals surface area contributed by atoms with Gasteiger partial charge in [0.15, 0.2) is 8.32 Å². The molecule has 0 aromatic heterocycles. The van der Waals surface area contributed by atoms with Crippen molar-refractivity contribution >= 4 is 14.2 Å². The zero-order valence-corrected chi connectivity index (χ0v) is 23.1. The number of hydrogen-bond acceptors (Lipinski definition) is 2. The van der Waals surface area contributed by atoms with E-state index in [4.69, 9.17) is 4.43 Å². The molecule has 0 bridgehead atoms. The van der Waals surface area contributed by atoms with Gasteiger partial charge in [-0.2, -0.15) is 0 Å². The van der Waals surface area contributed by atoms with Crippen LogP contribution in [0.25, 0.3) is 0 Å². The number of benzene rings is 2. The Labute approximate surface area is 208 Å². The van der Waals surface area contributed by atoms with Crippen molar-refractivity contribution in [2.45, 2.75) is 88.8 Å².